The fraction of sp³-hybridized carbons (Fsp3) is 0.348. The third-order valence-corrected chi connectivity index (χ3v) is 8.20. The number of aromatic nitrogens is 1. The number of sulfonamides is 1. The summed E-state index contributed by atoms with van der Waals surface area (Å²) < 4.78 is 27.9. The van der Waals surface area contributed by atoms with Crippen LogP contribution >= 0.6 is 11.3 Å². The van der Waals surface area contributed by atoms with Crippen molar-refractivity contribution in [2.45, 2.75) is 38.6 Å². The molecule has 2 N–H and O–H groups in total. The van der Waals surface area contributed by atoms with Crippen LogP contribution in [-0.4, -0.2) is 48.7 Å². The topological polar surface area (TPSA) is 108 Å². The minimum absolute atomic E-state index is 0.0406. The van der Waals surface area contributed by atoms with Gasteiger partial charge in [0.25, 0.3) is 5.91 Å². The fourth-order valence-corrected chi connectivity index (χ4v) is 5.75. The highest BCUT2D eigenvalue weighted by Crippen LogP contribution is 2.25. The number of para-hydroxylation sites is 1. The Morgan fingerprint density at radius 2 is 1.76 bits per heavy atom. The van der Waals surface area contributed by atoms with Crippen LogP contribution in [0.5, 0.6) is 0 Å². The van der Waals surface area contributed by atoms with Crippen LogP contribution in [0.1, 0.15) is 38.1 Å². The molecule has 3 rings (SSSR count). The Kier molecular flexibility index (Phi) is 7.83. The summed E-state index contributed by atoms with van der Waals surface area (Å²) in [5, 5.41) is 5.98. The Balaban J connectivity index is 1.78. The Labute approximate surface area is 198 Å². The molecule has 0 aliphatic carbocycles. The quantitative estimate of drug-likeness (QED) is 0.477. The van der Waals surface area contributed by atoms with Gasteiger partial charge >= 0.3 is 0 Å². The maximum atomic E-state index is 12.9. The minimum Gasteiger partial charge on any atom is -0.340 e. The van der Waals surface area contributed by atoms with Gasteiger partial charge in [0.05, 0.1) is 15.1 Å². The van der Waals surface area contributed by atoms with Crippen molar-refractivity contribution >= 4 is 48.5 Å². The number of thiazole rings is 1. The maximum Gasteiger partial charge on any atom is 0.251 e. The second-order valence-corrected chi connectivity index (χ2v) is 10.8. The Morgan fingerprint density at radius 1 is 1.06 bits per heavy atom. The molecule has 2 amide bonds. The van der Waals surface area contributed by atoms with Gasteiger partial charge in [0.1, 0.15) is 6.04 Å². The molecule has 8 nitrogen and oxygen atoms in total. The first-order chi connectivity index (χ1) is 15.7. The van der Waals surface area contributed by atoms with Crippen LogP contribution in [0.15, 0.2) is 53.4 Å². The molecule has 0 saturated heterocycles. The molecule has 2 aromatic carbocycles. The van der Waals surface area contributed by atoms with Crippen molar-refractivity contribution in [3.63, 3.8) is 0 Å². The van der Waals surface area contributed by atoms with Gasteiger partial charge in [-0.2, -0.15) is 4.31 Å². The highest BCUT2D eigenvalue weighted by Gasteiger charge is 2.27. The first-order valence-corrected chi connectivity index (χ1v) is 13.0. The fourth-order valence-electron chi connectivity index (χ4n) is 3.38. The standard InChI is InChI=1S/C23H28N4O4S2/c1-5-27(6-2)33(30,31)17-11-9-10-16(14-17)21(28)25-20(15(3)4)22(29)26-23-24-18-12-7-8-13-19(18)32-23/h7-15,20H,5-6H2,1-4H3,(H,25,28)(H,24,26,29)/t20-/m0/s1. The van der Waals surface area contributed by atoms with E-state index >= 15 is 0 Å². The van der Waals surface area contributed by atoms with Crippen molar-refractivity contribution in [2.24, 2.45) is 5.92 Å². The predicted octanol–water partition coefficient (Wildman–Crippen LogP) is 3.72. The second-order valence-electron chi connectivity index (χ2n) is 7.79. The smallest absolute Gasteiger partial charge is 0.251 e. The van der Waals surface area contributed by atoms with E-state index in [2.05, 4.69) is 15.6 Å². The molecule has 10 heteroatoms. The highest BCUT2D eigenvalue weighted by molar-refractivity contribution is 7.89. The van der Waals surface area contributed by atoms with Crippen molar-refractivity contribution in [1.82, 2.24) is 14.6 Å². The van der Waals surface area contributed by atoms with E-state index in [9.17, 15) is 18.0 Å². The van der Waals surface area contributed by atoms with E-state index in [-0.39, 0.29) is 22.3 Å². The summed E-state index contributed by atoms with van der Waals surface area (Å²) >= 11 is 1.35. The maximum absolute atomic E-state index is 12.9. The van der Waals surface area contributed by atoms with E-state index in [1.165, 1.54) is 39.9 Å². The summed E-state index contributed by atoms with van der Waals surface area (Å²) in [4.78, 5) is 30.3. The third-order valence-electron chi connectivity index (χ3n) is 5.20. The molecule has 0 fully saturated rings. The summed E-state index contributed by atoms with van der Waals surface area (Å²) in [5.41, 5.74) is 0.954. The molecule has 0 unspecified atom stereocenters. The molecule has 0 aliphatic heterocycles. The van der Waals surface area contributed by atoms with Crippen LogP contribution in [0.2, 0.25) is 0 Å². The lowest BCUT2D eigenvalue weighted by Crippen LogP contribution is -2.47. The van der Waals surface area contributed by atoms with Gasteiger partial charge < -0.3 is 10.6 Å². The molecule has 0 aliphatic rings. The van der Waals surface area contributed by atoms with Gasteiger partial charge in [-0.3, -0.25) is 9.59 Å². The van der Waals surface area contributed by atoms with Gasteiger partial charge in [-0.25, -0.2) is 13.4 Å². The number of hydrogen-bond acceptors (Lipinski definition) is 6. The molecule has 1 heterocycles. The zero-order valence-electron chi connectivity index (χ0n) is 19.0. The average molecular weight is 489 g/mol. The Bertz CT molecular complexity index is 1220. The van der Waals surface area contributed by atoms with Crippen molar-refractivity contribution in [3.8, 4) is 0 Å². The SMILES string of the molecule is CCN(CC)S(=O)(=O)c1cccc(C(=O)N[C@H](C(=O)Nc2nc3ccccc3s2)C(C)C)c1. The number of carbonyl (C=O) groups is 2. The lowest BCUT2D eigenvalue weighted by atomic mass is 10.0. The molecule has 176 valence electrons. The normalized spacial score (nSPS) is 12.8. The monoisotopic (exact) mass is 488 g/mol. The largest absolute Gasteiger partial charge is 0.340 e. The summed E-state index contributed by atoms with van der Waals surface area (Å²) in [7, 11) is -3.70. The van der Waals surface area contributed by atoms with Crippen LogP contribution in [0.4, 0.5) is 5.13 Å². The summed E-state index contributed by atoms with van der Waals surface area (Å²) in [6.07, 6.45) is 0. The third kappa shape index (κ3) is 5.58. The molecule has 3 aromatic rings. The van der Waals surface area contributed by atoms with E-state index in [1.54, 1.807) is 13.8 Å². The number of benzene rings is 2. The molecule has 1 aromatic heterocycles. The van der Waals surface area contributed by atoms with Gasteiger partial charge in [0.2, 0.25) is 15.9 Å². The Hall–Kier alpha value is -2.82. The number of nitrogens with one attached hydrogen (secondary N) is 2. The number of fused-ring (bicyclic) bond motifs is 1. The first-order valence-electron chi connectivity index (χ1n) is 10.7. The Morgan fingerprint density at radius 3 is 2.39 bits per heavy atom. The van der Waals surface area contributed by atoms with Crippen molar-refractivity contribution in [2.75, 3.05) is 18.4 Å². The van der Waals surface area contributed by atoms with Crippen LogP contribution < -0.4 is 10.6 Å². The van der Waals surface area contributed by atoms with E-state index in [0.717, 1.165) is 10.2 Å². The zero-order chi connectivity index (χ0) is 24.2. The van der Waals surface area contributed by atoms with Gasteiger partial charge in [-0.15, -0.1) is 0 Å². The van der Waals surface area contributed by atoms with Gasteiger partial charge in [-0.1, -0.05) is 57.2 Å². The molecule has 0 bridgehead atoms. The number of hydrogen-bond donors (Lipinski definition) is 2. The molecule has 33 heavy (non-hydrogen) atoms. The number of carbonyl (C=O) groups excluding carboxylic acids is 2. The van der Waals surface area contributed by atoms with Crippen LogP contribution in [0.3, 0.4) is 0 Å². The van der Waals surface area contributed by atoms with Crippen molar-refractivity contribution in [1.29, 1.82) is 0 Å². The minimum atomic E-state index is -3.70. The second kappa shape index (κ2) is 10.4. The van der Waals surface area contributed by atoms with Crippen molar-refractivity contribution in [3.05, 3.63) is 54.1 Å². The summed E-state index contributed by atoms with van der Waals surface area (Å²) in [5.74, 6) is -1.11. The van der Waals surface area contributed by atoms with E-state index < -0.39 is 22.0 Å². The number of nitrogens with zero attached hydrogens (tertiary/aromatic N) is 2. The molecular formula is C23H28N4O4S2. The van der Waals surface area contributed by atoms with Crippen LogP contribution in [-0.2, 0) is 14.8 Å². The first kappa shape index (κ1) is 24.8. The molecular weight excluding hydrogens is 460 g/mol. The van der Waals surface area contributed by atoms with Gasteiger partial charge in [0.15, 0.2) is 5.13 Å². The van der Waals surface area contributed by atoms with Crippen molar-refractivity contribution < 1.29 is 18.0 Å². The number of amides is 2. The molecule has 0 saturated carbocycles. The summed E-state index contributed by atoms with van der Waals surface area (Å²) in [6.45, 7) is 7.82. The van der Waals surface area contributed by atoms with E-state index in [4.69, 9.17) is 0 Å². The van der Waals surface area contributed by atoms with Crippen LogP contribution in [0.25, 0.3) is 10.2 Å². The van der Waals surface area contributed by atoms with E-state index in [0.29, 0.717) is 18.2 Å². The van der Waals surface area contributed by atoms with E-state index in [1.807, 2.05) is 38.1 Å². The van der Waals surface area contributed by atoms with Gasteiger partial charge in [-0.05, 0) is 36.2 Å². The zero-order valence-corrected chi connectivity index (χ0v) is 20.7. The molecule has 0 spiro atoms. The molecule has 0 radical (unpaired) electrons. The lowest BCUT2D eigenvalue weighted by Gasteiger charge is -2.22. The highest BCUT2D eigenvalue weighted by atomic mass is 32.2. The number of rotatable bonds is 9. The van der Waals surface area contributed by atoms with Gasteiger partial charge in [0, 0.05) is 18.7 Å². The number of anilines is 1. The predicted molar refractivity (Wildman–Crippen MR) is 131 cm³/mol. The lowest BCUT2D eigenvalue weighted by molar-refractivity contribution is -0.118. The average Bonchev–Trinajstić information content (AvgIpc) is 3.20. The van der Waals surface area contributed by atoms with Crippen LogP contribution in [0, 0.1) is 5.92 Å². The summed E-state index contributed by atoms with van der Waals surface area (Å²) in [6, 6.07) is 12.6. The molecule has 1 atom stereocenters.